The molecule has 0 aromatic heterocycles. The summed E-state index contributed by atoms with van der Waals surface area (Å²) in [7, 11) is 0. The van der Waals surface area contributed by atoms with Crippen LogP contribution in [0.5, 0.6) is 0 Å². The largest absolute Gasteiger partial charge is 0.479 e. The fourth-order valence-electron chi connectivity index (χ4n) is 3.02. The summed E-state index contributed by atoms with van der Waals surface area (Å²) in [5.41, 5.74) is -0.125. The third-order valence-corrected chi connectivity index (χ3v) is 4.14. The predicted molar refractivity (Wildman–Crippen MR) is 97.5 cm³/mol. The molecule has 1 amide bonds. The zero-order valence-corrected chi connectivity index (χ0v) is 15.3. The van der Waals surface area contributed by atoms with E-state index >= 15 is 0 Å². The molecule has 25 heavy (non-hydrogen) atoms. The van der Waals surface area contributed by atoms with Gasteiger partial charge in [0.15, 0.2) is 5.54 Å². The maximum Gasteiger partial charge on any atom is 0.408 e. The van der Waals surface area contributed by atoms with Crippen molar-refractivity contribution in [2.24, 2.45) is 5.92 Å². The Morgan fingerprint density at radius 3 is 2.44 bits per heavy atom. The number of benzene rings is 1. The predicted octanol–water partition coefficient (Wildman–Crippen LogP) is 3.50. The first-order chi connectivity index (χ1) is 11.6. The van der Waals surface area contributed by atoms with E-state index in [1.54, 1.807) is 34.6 Å². The summed E-state index contributed by atoms with van der Waals surface area (Å²) in [4.78, 5) is 24.7. The van der Waals surface area contributed by atoms with Crippen LogP contribution in [-0.4, -0.2) is 34.9 Å². The first-order valence-electron chi connectivity index (χ1n) is 8.36. The molecule has 1 heterocycles. The number of ether oxygens (including phenoxy) is 1. The SMILES string of the molecule is CC(C)C(NC(=O)OC(C)(C)C)(C(=O)O)C1=CCNc2ccccc21. The number of para-hydroxylation sites is 1. The molecule has 1 atom stereocenters. The minimum atomic E-state index is -1.58. The number of amides is 1. The van der Waals surface area contributed by atoms with Crippen LogP contribution in [0.2, 0.25) is 0 Å². The highest BCUT2D eigenvalue weighted by Gasteiger charge is 2.48. The lowest BCUT2D eigenvalue weighted by Crippen LogP contribution is -2.60. The number of hydrogen-bond acceptors (Lipinski definition) is 4. The van der Waals surface area contributed by atoms with Crippen LogP contribution >= 0.6 is 0 Å². The standard InChI is InChI=1S/C19H26N2O4/c1-12(2)19(16(22)23,21-17(24)25-18(3,4)5)14-10-11-20-15-9-7-6-8-13(14)15/h6-10,12,20H,11H2,1-5H3,(H,21,24)(H,22,23). The highest BCUT2D eigenvalue weighted by Crippen LogP contribution is 2.39. The van der Waals surface area contributed by atoms with Crippen molar-refractivity contribution < 1.29 is 19.4 Å². The summed E-state index contributed by atoms with van der Waals surface area (Å²) < 4.78 is 5.32. The number of alkyl carbamates (subject to hydrolysis) is 1. The molecule has 0 aliphatic carbocycles. The van der Waals surface area contributed by atoms with E-state index in [0.717, 1.165) is 11.3 Å². The number of rotatable bonds is 4. The second-order valence-electron chi connectivity index (χ2n) is 7.44. The van der Waals surface area contributed by atoms with Crippen LogP contribution in [0, 0.1) is 5.92 Å². The molecule has 0 fully saturated rings. The fraction of sp³-hybridized carbons (Fsp3) is 0.474. The lowest BCUT2D eigenvalue weighted by atomic mass is 9.75. The van der Waals surface area contributed by atoms with Crippen molar-refractivity contribution in [1.29, 1.82) is 0 Å². The second kappa shape index (κ2) is 6.78. The van der Waals surface area contributed by atoms with Crippen LogP contribution in [0.1, 0.15) is 40.2 Å². The average molecular weight is 346 g/mol. The van der Waals surface area contributed by atoms with E-state index in [9.17, 15) is 14.7 Å². The third kappa shape index (κ3) is 3.78. The molecule has 1 aliphatic heterocycles. The third-order valence-electron chi connectivity index (χ3n) is 4.14. The van der Waals surface area contributed by atoms with Gasteiger partial charge in [-0.2, -0.15) is 0 Å². The van der Waals surface area contributed by atoms with Crippen LogP contribution < -0.4 is 10.6 Å². The molecular weight excluding hydrogens is 320 g/mol. The first-order valence-corrected chi connectivity index (χ1v) is 8.36. The van der Waals surface area contributed by atoms with Gasteiger partial charge < -0.3 is 20.5 Å². The number of carbonyl (C=O) groups excluding carboxylic acids is 1. The molecule has 6 heteroatoms. The number of carbonyl (C=O) groups is 2. The van der Waals surface area contributed by atoms with Gasteiger partial charge in [0.05, 0.1) is 0 Å². The van der Waals surface area contributed by atoms with Gasteiger partial charge in [-0.1, -0.05) is 38.1 Å². The molecule has 136 valence electrons. The summed E-state index contributed by atoms with van der Waals surface area (Å²) in [6.45, 7) is 9.26. The zero-order chi connectivity index (χ0) is 18.8. The van der Waals surface area contributed by atoms with E-state index in [2.05, 4.69) is 10.6 Å². The molecule has 1 aromatic rings. The first kappa shape index (κ1) is 18.8. The maximum absolute atomic E-state index is 12.4. The molecular formula is C19H26N2O4. The number of carboxylic acid groups (broad SMARTS) is 1. The van der Waals surface area contributed by atoms with Crippen LogP contribution in [0.3, 0.4) is 0 Å². The Bertz CT molecular complexity index is 704. The molecule has 0 saturated heterocycles. The van der Waals surface area contributed by atoms with Crippen molar-refractivity contribution in [2.45, 2.75) is 45.8 Å². The Labute approximate surface area is 148 Å². The molecule has 1 aromatic carbocycles. The van der Waals surface area contributed by atoms with Crippen LogP contribution in [0.25, 0.3) is 5.57 Å². The normalized spacial score (nSPS) is 16.2. The van der Waals surface area contributed by atoms with Gasteiger partial charge in [0.2, 0.25) is 0 Å². The van der Waals surface area contributed by atoms with Crippen LogP contribution in [0.15, 0.2) is 30.3 Å². The number of hydrogen-bond donors (Lipinski definition) is 3. The Morgan fingerprint density at radius 1 is 1.24 bits per heavy atom. The Hall–Kier alpha value is -2.50. The monoisotopic (exact) mass is 346 g/mol. The number of aliphatic carboxylic acids is 1. The van der Waals surface area contributed by atoms with Crippen LogP contribution in [0.4, 0.5) is 10.5 Å². The van der Waals surface area contributed by atoms with E-state index in [0.29, 0.717) is 12.1 Å². The molecule has 0 spiro atoms. The van der Waals surface area contributed by atoms with Gasteiger partial charge in [0.25, 0.3) is 0 Å². The van der Waals surface area contributed by atoms with E-state index < -0.39 is 29.1 Å². The topological polar surface area (TPSA) is 87.7 Å². The van der Waals surface area contributed by atoms with Crippen molar-refractivity contribution in [2.75, 3.05) is 11.9 Å². The quantitative estimate of drug-likeness (QED) is 0.777. The molecule has 3 N–H and O–H groups in total. The Morgan fingerprint density at radius 2 is 1.88 bits per heavy atom. The average Bonchev–Trinajstić information content (AvgIpc) is 2.50. The summed E-state index contributed by atoms with van der Waals surface area (Å²) >= 11 is 0. The molecule has 2 rings (SSSR count). The van der Waals surface area contributed by atoms with Crippen molar-refractivity contribution in [1.82, 2.24) is 5.32 Å². The molecule has 1 unspecified atom stereocenters. The van der Waals surface area contributed by atoms with E-state index in [1.807, 2.05) is 30.3 Å². The Balaban J connectivity index is 2.52. The maximum atomic E-state index is 12.4. The van der Waals surface area contributed by atoms with Gasteiger partial charge in [-0.15, -0.1) is 0 Å². The van der Waals surface area contributed by atoms with Gasteiger partial charge >= 0.3 is 12.1 Å². The highest BCUT2D eigenvalue weighted by atomic mass is 16.6. The molecule has 0 saturated carbocycles. The smallest absolute Gasteiger partial charge is 0.408 e. The van der Waals surface area contributed by atoms with Crippen molar-refractivity contribution >= 4 is 23.3 Å². The summed E-state index contributed by atoms with van der Waals surface area (Å²) in [6.07, 6.45) is 1.06. The fourth-order valence-corrected chi connectivity index (χ4v) is 3.02. The number of fused-ring (bicyclic) bond motifs is 1. The van der Waals surface area contributed by atoms with Crippen molar-refractivity contribution in [3.05, 3.63) is 35.9 Å². The van der Waals surface area contributed by atoms with Gasteiger partial charge in [-0.05, 0) is 38.3 Å². The minimum absolute atomic E-state index is 0.394. The summed E-state index contributed by atoms with van der Waals surface area (Å²) in [6, 6.07) is 7.47. The molecule has 6 nitrogen and oxygen atoms in total. The minimum Gasteiger partial charge on any atom is -0.479 e. The van der Waals surface area contributed by atoms with Gasteiger partial charge in [-0.3, -0.25) is 0 Å². The second-order valence-corrected chi connectivity index (χ2v) is 7.44. The summed E-state index contributed by atoms with van der Waals surface area (Å²) in [5, 5.41) is 15.9. The van der Waals surface area contributed by atoms with E-state index in [1.165, 1.54) is 0 Å². The number of nitrogens with one attached hydrogen (secondary N) is 2. The van der Waals surface area contributed by atoms with E-state index in [-0.39, 0.29) is 0 Å². The van der Waals surface area contributed by atoms with Gasteiger partial charge in [-0.25, -0.2) is 9.59 Å². The lowest BCUT2D eigenvalue weighted by Gasteiger charge is -2.39. The number of carboxylic acids is 1. The lowest BCUT2D eigenvalue weighted by molar-refractivity contribution is -0.143. The van der Waals surface area contributed by atoms with Crippen LogP contribution in [-0.2, 0) is 9.53 Å². The van der Waals surface area contributed by atoms with Crippen molar-refractivity contribution in [3.63, 3.8) is 0 Å². The Kier molecular flexibility index (Phi) is 5.11. The summed E-state index contributed by atoms with van der Waals surface area (Å²) in [5.74, 6) is -1.51. The molecule has 0 radical (unpaired) electrons. The highest BCUT2D eigenvalue weighted by molar-refractivity contribution is 6.02. The van der Waals surface area contributed by atoms with Gasteiger partial charge in [0.1, 0.15) is 5.60 Å². The van der Waals surface area contributed by atoms with Gasteiger partial charge in [0, 0.05) is 17.8 Å². The number of anilines is 1. The van der Waals surface area contributed by atoms with Crippen molar-refractivity contribution in [3.8, 4) is 0 Å². The van der Waals surface area contributed by atoms with E-state index in [4.69, 9.17) is 4.74 Å². The molecule has 1 aliphatic rings. The zero-order valence-electron chi connectivity index (χ0n) is 15.3. The molecule has 0 bridgehead atoms.